The lowest BCUT2D eigenvalue weighted by molar-refractivity contribution is -0.127. The molecule has 10 heteroatoms. The van der Waals surface area contributed by atoms with E-state index in [4.69, 9.17) is 4.74 Å². The van der Waals surface area contributed by atoms with Gasteiger partial charge in [-0.25, -0.2) is 22.7 Å². The van der Waals surface area contributed by atoms with Gasteiger partial charge in [-0.15, -0.1) is 6.58 Å². The topological polar surface area (TPSA) is 131 Å². The number of urea groups is 1. The third kappa shape index (κ3) is 7.19. The molecule has 0 aliphatic heterocycles. The Morgan fingerprint density at radius 3 is 2.26 bits per heavy atom. The number of esters is 1. The van der Waals surface area contributed by atoms with Crippen LogP contribution in [-0.2, 0) is 19.6 Å². The first kappa shape index (κ1) is 22.3. The lowest BCUT2D eigenvalue weighted by atomic mass is 10.2. The van der Waals surface area contributed by atoms with E-state index >= 15 is 0 Å². The maximum Gasteiger partial charge on any atom is 0.338 e. The quantitative estimate of drug-likeness (QED) is 0.442. The summed E-state index contributed by atoms with van der Waals surface area (Å²) in [5, 5.41) is 4.52. The molecule has 0 radical (unpaired) electrons. The van der Waals surface area contributed by atoms with Crippen molar-refractivity contribution in [1.29, 1.82) is 0 Å². The second-order valence-corrected chi connectivity index (χ2v) is 7.60. The highest BCUT2D eigenvalue weighted by molar-refractivity contribution is 7.89. The van der Waals surface area contributed by atoms with Crippen molar-refractivity contribution in [3.63, 3.8) is 0 Å². The summed E-state index contributed by atoms with van der Waals surface area (Å²) in [6.45, 7) is 8.26. The lowest BCUT2D eigenvalue weighted by Gasteiger charge is -2.14. The molecule has 0 bridgehead atoms. The molecular weight excluding hydrogens is 374 g/mol. The number of hydrogen-bond acceptors (Lipinski definition) is 6. The smallest absolute Gasteiger partial charge is 0.338 e. The van der Waals surface area contributed by atoms with E-state index < -0.39 is 34.0 Å². The molecule has 0 saturated heterocycles. The minimum absolute atomic E-state index is 0.0305. The van der Waals surface area contributed by atoms with Crippen LogP contribution in [0, 0.1) is 0 Å². The van der Waals surface area contributed by atoms with Crippen molar-refractivity contribution in [3.05, 3.63) is 42.5 Å². The number of carbonyl (C=O) groups excluding carboxylic acids is 3. The average Bonchev–Trinajstić information content (AvgIpc) is 2.59. The minimum atomic E-state index is -3.71. The Hall–Kier alpha value is -2.72. The summed E-state index contributed by atoms with van der Waals surface area (Å²) in [6.07, 6.45) is 0.185. The van der Waals surface area contributed by atoms with Crippen molar-refractivity contribution in [3.8, 4) is 0 Å². The van der Waals surface area contributed by atoms with Crippen LogP contribution >= 0.6 is 0 Å². The molecule has 3 amide bonds. The molecule has 0 spiro atoms. The van der Waals surface area contributed by atoms with Crippen molar-refractivity contribution < 1.29 is 27.5 Å². The maximum atomic E-state index is 12.1. The summed E-state index contributed by atoms with van der Waals surface area (Å²) in [5.74, 6) is -1.61. The molecule has 0 saturated carbocycles. The second-order valence-electron chi connectivity index (χ2n) is 5.83. The average molecular weight is 397 g/mol. The van der Waals surface area contributed by atoms with E-state index in [2.05, 4.69) is 21.9 Å². The Kier molecular flexibility index (Phi) is 8.13. The van der Waals surface area contributed by atoms with Crippen molar-refractivity contribution in [2.45, 2.75) is 37.8 Å². The summed E-state index contributed by atoms with van der Waals surface area (Å²) in [4.78, 5) is 35.4. The first-order valence-corrected chi connectivity index (χ1v) is 9.58. The largest absolute Gasteiger partial charge is 0.449 e. The molecule has 1 unspecified atom stereocenters. The molecule has 0 aliphatic rings. The SMILES string of the molecule is C=CCNS(=O)(=O)c1ccc(C(=O)OC(C)C(=O)NC(=O)NC(C)C)cc1. The van der Waals surface area contributed by atoms with Crippen LogP contribution in [0.15, 0.2) is 41.8 Å². The number of nitrogens with one attached hydrogen (secondary N) is 3. The van der Waals surface area contributed by atoms with Gasteiger partial charge in [0, 0.05) is 12.6 Å². The van der Waals surface area contributed by atoms with Gasteiger partial charge in [0.15, 0.2) is 6.10 Å². The summed E-state index contributed by atoms with van der Waals surface area (Å²) in [6, 6.07) is 4.15. The Labute approximate surface area is 158 Å². The fraction of sp³-hybridized carbons (Fsp3) is 0.353. The van der Waals surface area contributed by atoms with E-state index in [0.717, 1.165) is 0 Å². The highest BCUT2D eigenvalue weighted by atomic mass is 32.2. The zero-order valence-corrected chi connectivity index (χ0v) is 16.1. The number of ether oxygens (including phenoxy) is 1. The van der Waals surface area contributed by atoms with Gasteiger partial charge in [0.1, 0.15) is 0 Å². The fourth-order valence-electron chi connectivity index (χ4n) is 1.82. The molecule has 0 fully saturated rings. The highest BCUT2D eigenvalue weighted by Crippen LogP contribution is 2.12. The molecule has 1 atom stereocenters. The van der Waals surface area contributed by atoms with Crippen LogP contribution < -0.4 is 15.4 Å². The predicted octanol–water partition coefficient (Wildman–Crippen LogP) is 0.930. The van der Waals surface area contributed by atoms with Crippen molar-refractivity contribution in [2.75, 3.05) is 6.54 Å². The maximum absolute atomic E-state index is 12.1. The first-order chi connectivity index (χ1) is 12.6. The van der Waals surface area contributed by atoms with Gasteiger partial charge in [-0.05, 0) is 45.0 Å². The number of carbonyl (C=O) groups is 3. The summed E-state index contributed by atoms with van der Waals surface area (Å²) >= 11 is 0. The molecule has 9 nitrogen and oxygen atoms in total. The Balaban J connectivity index is 2.70. The molecule has 1 aromatic rings. The fourth-order valence-corrected chi connectivity index (χ4v) is 2.81. The number of hydrogen-bond donors (Lipinski definition) is 3. The monoisotopic (exact) mass is 397 g/mol. The van der Waals surface area contributed by atoms with Gasteiger partial charge in [-0.1, -0.05) is 6.08 Å². The molecule has 1 rings (SSSR count). The van der Waals surface area contributed by atoms with E-state index in [1.165, 1.54) is 37.3 Å². The van der Waals surface area contributed by atoms with Crippen molar-refractivity contribution in [1.82, 2.24) is 15.4 Å². The van der Waals surface area contributed by atoms with E-state index in [0.29, 0.717) is 0 Å². The highest BCUT2D eigenvalue weighted by Gasteiger charge is 2.21. The third-order valence-corrected chi connectivity index (χ3v) is 4.57. The zero-order chi connectivity index (χ0) is 20.6. The van der Waals surface area contributed by atoms with Crippen LogP contribution in [0.1, 0.15) is 31.1 Å². The van der Waals surface area contributed by atoms with Gasteiger partial charge in [-0.2, -0.15) is 0 Å². The molecule has 148 valence electrons. The minimum Gasteiger partial charge on any atom is -0.449 e. The molecule has 3 N–H and O–H groups in total. The van der Waals surface area contributed by atoms with E-state index in [1.54, 1.807) is 13.8 Å². The molecule has 1 aromatic carbocycles. The van der Waals surface area contributed by atoms with Crippen LogP contribution in [0.5, 0.6) is 0 Å². The number of rotatable bonds is 8. The number of amides is 3. The zero-order valence-electron chi connectivity index (χ0n) is 15.3. The third-order valence-electron chi connectivity index (χ3n) is 3.13. The Morgan fingerprint density at radius 2 is 1.74 bits per heavy atom. The molecule has 0 aromatic heterocycles. The van der Waals surface area contributed by atoms with Crippen LogP contribution in [0.25, 0.3) is 0 Å². The van der Waals surface area contributed by atoms with Crippen molar-refractivity contribution >= 4 is 27.9 Å². The normalized spacial score (nSPS) is 12.1. The number of benzene rings is 1. The summed E-state index contributed by atoms with van der Waals surface area (Å²) in [7, 11) is -3.71. The lowest BCUT2D eigenvalue weighted by Crippen LogP contribution is -2.46. The van der Waals surface area contributed by atoms with Crippen molar-refractivity contribution in [2.24, 2.45) is 0 Å². The molecule has 0 aliphatic carbocycles. The van der Waals surface area contributed by atoms with Gasteiger partial charge in [-0.3, -0.25) is 10.1 Å². The van der Waals surface area contributed by atoms with Gasteiger partial charge in [0.05, 0.1) is 10.5 Å². The second kappa shape index (κ2) is 9.83. The van der Waals surface area contributed by atoms with Crippen LogP contribution in [0.4, 0.5) is 4.79 Å². The van der Waals surface area contributed by atoms with Crippen LogP contribution in [0.3, 0.4) is 0 Å². The van der Waals surface area contributed by atoms with Crippen LogP contribution in [-0.4, -0.2) is 45.0 Å². The van der Waals surface area contributed by atoms with Crippen LogP contribution in [0.2, 0.25) is 0 Å². The molecular formula is C17H23N3O6S. The number of imide groups is 1. The summed E-state index contributed by atoms with van der Waals surface area (Å²) in [5.41, 5.74) is 0.0592. The van der Waals surface area contributed by atoms with Gasteiger partial charge >= 0.3 is 12.0 Å². The predicted molar refractivity (Wildman–Crippen MR) is 98.5 cm³/mol. The first-order valence-electron chi connectivity index (χ1n) is 8.09. The molecule has 27 heavy (non-hydrogen) atoms. The Bertz CT molecular complexity index is 802. The van der Waals surface area contributed by atoms with E-state index in [-0.39, 0.29) is 23.0 Å². The Morgan fingerprint density at radius 1 is 1.15 bits per heavy atom. The number of sulfonamides is 1. The van der Waals surface area contributed by atoms with Gasteiger partial charge in [0.2, 0.25) is 10.0 Å². The molecule has 0 heterocycles. The van der Waals surface area contributed by atoms with E-state index in [1.807, 2.05) is 0 Å². The van der Waals surface area contributed by atoms with Gasteiger partial charge in [0.25, 0.3) is 5.91 Å². The summed E-state index contributed by atoms with van der Waals surface area (Å²) < 4.78 is 31.2. The standard InChI is InChI=1S/C17H23N3O6S/c1-5-10-18-27(24,25)14-8-6-13(7-9-14)16(22)26-12(4)15(21)20-17(23)19-11(2)3/h5-9,11-12,18H,1,10H2,2-4H3,(H2,19,20,21,23). The van der Waals surface area contributed by atoms with E-state index in [9.17, 15) is 22.8 Å². The van der Waals surface area contributed by atoms with Gasteiger partial charge < -0.3 is 10.1 Å².